The Kier molecular flexibility index (Phi) is 6.34. The fraction of sp³-hybridized carbons (Fsp3) is 0.562. The highest BCUT2D eigenvalue weighted by atomic mass is 35.5. The molecule has 1 heterocycles. The van der Waals surface area contributed by atoms with Crippen LogP contribution in [0.15, 0.2) is 24.3 Å². The van der Waals surface area contributed by atoms with Crippen molar-refractivity contribution in [2.75, 3.05) is 19.7 Å². The second-order valence-electron chi connectivity index (χ2n) is 5.29. The first kappa shape index (κ1) is 15.3. The summed E-state index contributed by atoms with van der Waals surface area (Å²) in [4.78, 5) is 13.1. The Hall–Kier alpha value is -1.06. The lowest BCUT2D eigenvalue weighted by atomic mass is 10.1. The third-order valence-electron chi connectivity index (χ3n) is 3.54. The third kappa shape index (κ3) is 5.51. The van der Waals surface area contributed by atoms with Gasteiger partial charge in [-0.05, 0) is 61.6 Å². The molecule has 1 aromatic rings. The molecule has 0 saturated carbocycles. The van der Waals surface area contributed by atoms with Crippen LogP contribution in [0, 0.1) is 0 Å². The van der Waals surface area contributed by atoms with Gasteiger partial charge in [0.15, 0.2) is 0 Å². The molecule has 0 spiro atoms. The molecule has 20 heavy (non-hydrogen) atoms. The maximum atomic E-state index is 10.6. The predicted molar refractivity (Wildman–Crippen MR) is 81.2 cm³/mol. The normalized spacial score (nSPS) is 16.1. The van der Waals surface area contributed by atoms with Gasteiger partial charge in [0.05, 0.1) is 6.61 Å². The fourth-order valence-corrected chi connectivity index (χ4v) is 2.64. The molecule has 3 nitrogen and oxygen atoms in total. The van der Waals surface area contributed by atoms with Crippen molar-refractivity contribution in [3.8, 4) is 5.75 Å². The van der Waals surface area contributed by atoms with Gasteiger partial charge in [0.2, 0.25) is 5.24 Å². The minimum Gasteiger partial charge on any atom is -0.494 e. The van der Waals surface area contributed by atoms with Crippen molar-refractivity contribution in [2.45, 2.75) is 38.6 Å². The fourth-order valence-electron chi connectivity index (χ4n) is 2.51. The lowest BCUT2D eigenvalue weighted by molar-refractivity contribution is -0.111. The molecule has 4 heteroatoms. The maximum absolute atomic E-state index is 10.6. The predicted octanol–water partition coefficient (Wildman–Crippen LogP) is 3.60. The van der Waals surface area contributed by atoms with E-state index in [1.807, 2.05) is 12.1 Å². The molecule has 0 amide bonds. The average Bonchev–Trinajstić information content (AvgIpc) is 2.45. The molecule has 1 saturated heterocycles. The number of halogens is 1. The van der Waals surface area contributed by atoms with E-state index in [1.54, 1.807) is 0 Å². The van der Waals surface area contributed by atoms with Crippen LogP contribution in [0.1, 0.15) is 37.7 Å². The Balaban J connectivity index is 1.79. The van der Waals surface area contributed by atoms with E-state index in [0.717, 1.165) is 12.3 Å². The van der Waals surface area contributed by atoms with E-state index >= 15 is 0 Å². The lowest BCUT2D eigenvalue weighted by Crippen LogP contribution is -2.29. The van der Waals surface area contributed by atoms with Crippen LogP contribution in [-0.4, -0.2) is 29.8 Å². The quantitative estimate of drug-likeness (QED) is 0.569. The molecular formula is C16H22ClNO2. The van der Waals surface area contributed by atoms with Crippen LogP contribution in [0.5, 0.6) is 5.75 Å². The van der Waals surface area contributed by atoms with Gasteiger partial charge in [0.1, 0.15) is 5.75 Å². The molecule has 0 aromatic heterocycles. The molecule has 110 valence electrons. The summed E-state index contributed by atoms with van der Waals surface area (Å²) in [5, 5.41) is -0.299. The zero-order valence-corrected chi connectivity index (χ0v) is 12.6. The number of hydrogen-bond donors (Lipinski definition) is 0. The Bertz CT molecular complexity index is 430. The van der Waals surface area contributed by atoms with E-state index in [1.165, 1.54) is 37.9 Å². The average molecular weight is 296 g/mol. The second-order valence-corrected chi connectivity index (χ2v) is 5.71. The number of carbonyl (C=O) groups excluding carboxylic acids is 1. The van der Waals surface area contributed by atoms with Gasteiger partial charge in [-0.1, -0.05) is 18.6 Å². The van der Waals surface area contributed by atoms with Gasteiger partial charge in [0.25, 0.3) is 0 Å². The van der Waals surface area contributed by atoms with Gasteiger partial charge in [-0.3, -0.25) is 9.69 Å². The van der Waals surface area contributed by atoms with Crippen molar-refractivity contribution in [1.82, 2.24) is 4.90 Å². The Morgan fingerprint density at radius 1 is 1.25 bits per heavy atom. The van der Waals surface area contributed by atoms with Crippen LogP contribution in [0.3, 0.4) is 0 Å². The first-order valence-corrected chi connectivity index (χ1v) is 7.74. The van der Waals surface area contributed by atoms with Gasteiger partial charge < -0.3 is 4.74 Å². The number of likely N-dealkylation sites (tertiary alicyclic amines) is 1. The maximum Gasteiger partial charge on any atom is 0.221 e. The molecule has 0 aliphatic carbocycles. The van der Waals surface area contributed by atoms with E-state index in [4.69, 9.17) is 16.3 Å². The summed E-state index contributed by atoms with van der Waals surface area (Å²) < 4.78 is 5.66. The van der Waals surface area contributed by atoms with Crippen molar-refractivity contribution < 1.29 is 9.53 Å². The minimum absolute atomic E-state index is 0.299. The Morgan fingerprint density at radius 3 is 2.80 bits per heavy atom. The van der Waals surface area contributed by atoms with Crippen LogP contribution in [-0.2, 0) is 11.3 Å². The van der Waals surface area contributed by atoms with E-state index < -0.39 is 0 Å². The molecule has 0 radical (unpaired) electrons. The zero-order valence-electron chi connectivity index (χ0n) is 11.8. The van der Waals surface area contributed by atoms with Crippen molar-refractivity contribution >= 4 is 16.8 Å². The van der Waals surface area contributed by atoms with E-state index in [-0.39, 0.29) is 5.24 Å². The molecule has 0 unspecified atom stereocenters. The van der Waals surface area contributed by atoms with Gasteiger partial charge in [-0.15, -0.1) is 0 Å². The van der Waals surface area contributed by atoms with Crippen molar-refractivity contribution in [3.05, 3.63) is 29.8 Å². The highest BCUT2D eigenvalue weighted by Crippen LogP contribution is 2.17. The molecule has 1 aliphatic heterocycles. The van der Waals surface area contributed by atoms with Crippen LogP contribution >= 0.6 is 11.6 Å². The summed E-state index contributed by atoms with van der Waals surface area (Å²) >= 11 is 5.29. The van der Waals surface area contributed by atoms with Crippen molar-refractivity contribution in [3.63, 3.8) is 0 Å². The van der Waals surface area contributed by atoms with Gasteiger partial charge in [0, 0.05) is 13.0 Å². The number of piperidine rings is 1. The molecule has 1 aliphatic rings. The van der Waals surface area contributed by atoms with Gasteiger partial charge >= 0.3 is 0 Å². The Labute approximate surface area is 125 Å². The third-order valence-corrected chi connectivity index (χ3v) is 3.73. The summed E-state index contributed by atoms with van der Waals surface area (Å²) in [7, 11) is 0. The summed E-state index contributed by atoms with van der Waals surface area (Å²) in [6.07, 6.45) is 5.01. The first-order chi connectivity index (χ1) is 9.74. The lowest BCUT2D eigenvalue weighted by Gasteiger charge is -2.26. The number of hydrogen-bond acceptors (Lipinski definition) is 3. The molecule has 0 N–H and O–H groups in total. The topological polar surface area (TPSA) is 29.5 Å². The summed E-state index contributed by atoms with van der Waals surface area (Å²) in [6, 6.07) is 8.23. The molecule has 1 aromatic carbocycles. The van der Waals surface area contributed by atoms with E-state index in [0.29, 0.717) is 19.4 Å². The largest absolute Gasteiger partial charge is 0.494 e. The number of carbonyl (C=O) groups is 1. The highest BCUT2D eigenvalue weighted by molar-refractivity contribution is 6.63. The van der Waals surface area contributed by atoms with Crippen LogP contribution < -0.4 is 4.74 Å². The molecule has 1 fully saturated rings. The molecule has 0 bridgehead atoms. The molecule has 0 atom stereocenters. The minimum atomic E-state index is -0.299. The monoisotopic (exact) mass is 295 g/mol. The standard InChI is InChI=1S/C16H22ClNO2/c17-16(19)8-5-11-20-15-7-4-6-14(12-15)13-18-9-2-1-3-10-18/h4,6-7,12H,1-3,5,8-11,13H2. The van der Waals surface area contributed by atoms with Crippen LogP contribution in [0.25, 0.3) is 0 Å². The van der Waals surface area contributed by atoms with Gasteiger partial charge in [-0.25, -0.2) is 0 Å². The van der Waals surface area contributed by atoms with E-state index in [2.05, 4.69) is 17.0 Å². The van der Waals surface area contributed by atoms with Crippen LogP contribution in [0.4, 0.5) is 0 Å². The number of ether oxygens (including phenoxy) is 1. The SMILES string of the molecule is O=C(Cl)CCCOc1cccc(CN2CCCCC2)c1. The second kappa shape index (κ2) is 8.28. The smallest absolute Gasteiger partial charge is 0.221 e. The summed E-state index contributed by atoms with van der Waals surface area (Å²) in [6.45, 7) is 3.93. The van der Waals surface area contributed by atoms with Gasteiger partial charge in [-0.2, -0.15) is 0 Å². The molecule has 2 rings (SSSR count). The summed E-state index contributed by atoms with van der Waals surface area (Å²) in [5.41, 5.74) is 1.29. The zero-order chi connectivity index (χ0) is 14.2. The van der Waals surface area contributed by atoms with E-state index in [9.17, 15) is 4.79 Å². The Morgan fingerprint density at radius 2 is 2.05 bits per heavy atom. The number of nitrogens with zero attached hydrogens (tertiary/aromatic N) is 1. The molecular weight excluding hydrogens is 274 g/mol. The van der Waals surface area contributed by atoms with Crippen LogP contribution in [0.2, 0.25) is 0 Å². The first-order valence-electron chi connectivity index (χ1n) is 7.36. The number of benzene rings is 1. The highest BCUT2D eigenvalue weighted by Gasteiger charge is 2.10. The van der Waals surface area contributed by atoms with Crippen molar-refractivity contribution in [2.24, 2.45) is 0 Å². The number of rotatable bonds is 7. The summed E-state index contributed by atoms with van der Waals surface area (Å²) in [5.74, 6) is 0.876. The van der Waals surface area contributed by atoms with Crippen molar-refractivity contribution in [1.29, 1.82) is 0 Å².